The Labute approximate surface area is 153 Å². The molecule has 0 heterocycles. The number of benzene rings is 2. The highest BCUT2D eigenvalue weighted by molar-refractivity contribution is 6.30. The smallest absolute Gasteiger partial charge is 0.254 e. The molecule has 4 nitrogen and oxygen atoms in total. The lowest BCUT2D eigenvalue weighted by molar-refractivity contribution is -0.116. The summed E-state index contributed by atoms with van der Waals surface area (Å²) in [5.41, 5.74) is 2.46. The molecule has 0 aromatic heterocycles. The van der Waals surface area contributed by atoms with Crippen LogP contribution in [0.3, 0.4) is 0 Å². The van der Waals surface area contributed by atoms with Gasteiger partial charge in [-0.15, -0.1) is 0 Å². The second-order valence-electron chi connectivity index (χ2n) is 6.02. The first-order chi connectivity index (χ1) is 12.0. The Hall–Kier alpha value is -2.33. The van der Waals surface area contributed by atoms with Gasteiger partial charge in [0.05, 0.1) is 6.54 Å². The van der Waals surface area contributed by atoms with E-state index >= 15 is 0 Å². The summed E-state index contributed by atoms with van der Waals surface area (Å²) in [4.78, 5) is 25.9. The van der Waals surface area contributed by atoms with Gasteiger partial charge in [0.1, 0.15) is 0 Å². The van der Waals surface area contributed by atoms with E-state index in [1.54, 1.807) is 31.3 Å². The standard InChI is InChI=1S/C20H23ClN2O2/c1-3-4-5-15-6-8-16(9-7-15)20(25)23(2)14-19(24)22-18-12-10-17(21)11-13-18/h6-13H,3-5,14H2,1-2H3,(H,22,24). The van der Waals surface area contributed by atoms with Gasteiger partial charge in [0.15, 0.2) is 0 Å². The van der Waals surface area contributed by atoms with Gasteiger partial charge in [-0.2, -0.15) is 0 Å². The fourth-order valence-corrected chi connectivity index (χ4v) is 2.56. The first kappa shape index (κ1) is 19.0. The highest BCUT2D eigenvalue weighted by Crippen LogP contribution is 2.14. The zero-order valence-electron chi connectivity index (χ0n) is 14.6. The van der Waals surface area contributed by atoms with E-state index in [0.717, 1.165) is 19.3 Å². The summed E-state index contributed by atoms with van der Waals surface area (Å²) in [7, 11) is 1.62. The Morgan fingerprint density at radius 3 is 2.28 bits per heavy atom. The average molecular weight is 359 g/mol. The fraction of sp³-hybridized carbons (Fsp3) is 0.300. The van der Waals surface area contributed by atoms with Gasteiger partial charge in [-0.1, -0.05) is 37.1 Å². The summed E-state index contributed by atoms with van der Waals surface area (Å²) in [5.74, 6) is -0.425. The second kappa shape index (κ2) is 9.23. The van der Waals surface area contributed by atoms with Gasteiger partial charge in [-0.05, 0) is 54.8 Å². The first-order valence-electron chi connectivity index (χ1n) is 8.39. The molecule has 132 valence electrons. The molecular weight excluding hydrogens is 336 g/mol. The van der Waals surface area contributed by atoms with Crippen molar-refractivity contribution in [2.24, 2.45) is 0 Å². The van der Waals surface area contributed by atoms with E-state index in [4.69, 9.17) is 11.6 Å². The third-order valence-corrected chi connectivity index (χ3v) is 4.13. The van der Waals surface area contributed by atoms with Gasteiger partial charge in [0, 0.05) is 23.3 Å². The Bertz CT molecular complexity index is 711. The highest BCUT2D eigenvalue weighted by atomic mass is 35.5. The zero-order valence-corrected chi connectivity index (χ0v) is 15.3. The molecule has 2 aromatic carbocycles. The molecule has 5 heteroatoms. The molecule has 0 bridgehead atoms. The number of halogens is 1. The number of hydrogen-bond acceptors (Lipinski definition) is 2. The van der Waals surface area contributed by atoms with E-state index in [-0.39, 0.29) is 18.4 Å². The molecule has 0 radical (unpaired) electrons. The second-order valence-corrected chi connectivity index (χ2v) is 6.45. The van der Waals surface area contributed by atoms with Crippen LogP contribution in [-0.4, -0.2) is 30.3 Å². The number of carbonyl (C=O) groups is 2. The van der Waals surface area contributed by atoms with Crippen molar-refractivity contribution in [3.8, 4) is 0 Å². The minimum atomic E-state index is -0.252. The maximum atomic E-state index is 12.4. The molecule has 0 spiro atoms. The zero-order chi connectivity index (χ0) is 18.2. The SMILES string of the molecule is CCCCc1ccc(C(=O)N(C)CC(=O)Nc2ccc(Cl)cc2)cc1. The van der Waals surface area contributed by atoms with Crippen LogP contribution >= 0.6 is 11.6 Å². The van der Waals surface area contributed by atoms with Gasteiger partial charge < -0.3 is 10.2 Å². The van der Waals surface area contributed by atoms with Crippen molar-refractivity contribution in [2.75, 3.05) is 18.9 Å². The number of hydrogen-bond donors (Lipinski definition) is 1. The van der Waals surface area contributed by atoms with Crippen molar-refractivity contribution in [3.05, 3.63) is 64.7 Å². The molecule has 1 N–H and O–H groups in total. The largest absolute Gasteiger partial charge is 0.332 e. The molecular formula is C20H23ClN2O2. The van der Waals surface area contributed by atoms with Gasteiger partial charge >= 0.3 is 0 Å². The normalized spacial score (nSPS) is 10.4. The highest BCUT2D eigenvalue weighted by Gasteiger charge is 2.15. The van der Waals surface area contributed by atoms with Gasteiger partial charge in [0.2, 0.25) is 5.91 Å². The van der Waals surface area contributed by atoms with E-state index in [1.165, 1.54) is 10.5 Å². The molecule has 0 aliphatic rings. The molecule has 2 amide bonds. The Morgan fingerprint density at radius 1 is 1.04 bits per heavy atom. The monoisotopic (exact) mass is 358 g/mol. The fourth-order valence-electron chi connectivity index (χ4n) is 2.44. The molecule has 25 heavy (non-hydrogen) atoms. The summed E-state index contributed by atoms with van der Waals surface area (Å²) in [5, 5.41) is 3.35. The van der Waals surface area contributed by atoms with Gasteiger partial charge in [0.25, 0.3) is 5.91 Å². The predicted molar refractivity (Wildman–Crippen MR) is 102 cm³/mol. The lowest BCUT2D eigenvalue weighted by atomic mass is 10.1. The summed E-state index contributed by atoms with van der Waals surface area (Å²) < 4.78 is 0. The van der Waals surface area contributed by atoms with E-state index < -0.39 is 0 Å². The maximum absolute atomic E-state index is 12.4. The van der Waals surface area contributed by atoms with Crippen LogP contribution in [0.15, 0.2) is 48.5 Å². The first-order valence-corrected chi connectivity index (χ1v) is 8.77. The third-order valence-electron chi connectivity index (χ3n) is 3.88. The molecule has 0 atom stereocenters. The van der Waals surface area contributed by atoms with Crippen molar-refractivity contribution in [1.82, 2.24) is 4.90 Å². The number of unbranched alkanes of at least 4 members (excludes halogenated alkanes) is 1. The Kier molecular flexibility index (Phi) is 7.02. The molecule has 0 saturated carbocycles. The van der Waals surface area contributed by atoms with Crippen molar-refractivity contribution in [3.63, 3.8) is 0 Å². The Balaban J connectivity index is 1.90. The molecule has 2 aromatic rings. The molecule has 0 saturated heterocycles. The number of amides is 2. The third kappa shape index (κ3) is 5.91. The molecule has 0 aliphatic heterocycles. The average Bonchev–Trinajstić information content (AvgIpc) is 2.61. The van der Waals surface area contributed by atoms with Crippen LogP contribution in [0.25, 0.3) is 0 Å². The van der Waals surface area contributed by atoms with E-state index in [9.17, 15) is 9.59 Å². The van der Waals surface area contributed by atoms with E-state index in [0.29, 0.717) is 16.3 Å². The van der Waals surface area contributed by atoms with Crippen molar-refractivity contribution in [1.29, 1.82) is 0 Å². The summed E-state index contributed by atoms with van der Waals surface area (Å²) in [6.45, 7) is 2.14. The maximum Gasteiger partial charge on any atom is 0.254 e. The van der Waals surface area contributed by atoms with Crippen molar-refractivity contribution < 1.29 is 9.59 Å². The van der Waals surface area contributed by atoms with E-state index in [2.05, 4.69) is 12.2 Å². The lowest BCUT2D eigenvalue weighted by Gasteiger charge is -2.17. The quantitative estimate of drug-likeness (QED) is 0.797. The van der Waals surface area contributed by atoms with Gasteiger partial charge in [-0.3, -0.25) is 9.59 Å². The van der Waals surface area contributed by atoms with Crippen LogP contribution in [0, 0.1) is 0 Å². The number of anilines is 1. The van der Waals surface area contributed by atoms with Crippen LogP contribution in [0.1, 0.15) is 35.7 Å². The lowest BCUT2D eigenvalue weighted by Crippen LogP contribution is -2.34. The van der Waals surface area contributed by atoms with Crippen molar-refractivity contribution >= 4 is 29.1 Å². The van der Waals surface area contributed by atoms with Gasteiger partial charge in [-0.25, -0.2) is 0 Å². The van der Waals surface area contributed by atoms with Crippen LogP contribution in [0.5, 0.6) is 0 Å². The number of likely N-dealkylation sites (N-methyl/N-ethyl adjacent to an activating group) is 1. The Morgan fingerprint density at radius 2 is 1.68 bits per heavy atom. The van der Waals surface area contributed by atoms with Crippen LogP contribution < -0.4 is 5.32 Å². The molecule has 2 rings (SSSR count). The minimum absolute atomic E-state index is 0.0148. The predicted octanol–water partition coefficient (Wildman–Crippen LogP) is 4.39. The summed E-state index contributed by atoms with van der Waals surface area (Å²) >= 11 is 5.82. The van der Waals surface area contributed by atoms with E-state index in [1.807, 2.05) is 24.3 Å². The summed E-state index contributed by atoms with van der Waals surface area (Å²) in [6.07, 6.45) is 3.30. The number of aryl methyl sites for hydroxylation is 1. The number of carbonyl (C=O) groups excluding carboxylic acids is 2. The molecule has 0 fully saturated rings. The minimum Gasteiger partial charge on any atom is -0.332 e. The van der Waals surface area contributed by atoms with Crippen LogP contribution in [0.4, 0.5) is 5.69 Å². The van der Waals surface area contributed by atoms with Crippen LogP contribution in [0.2, 0.25) is 5.02 Å². The van der Waals surface area contributed by atoms with Crippen LogP contribution in [-0.2, 0) is 11.2 Å². The van der Waals surface area contributed by atoms with Crippen molar-refractivity contribution in [2.45, 2.75) is 26.2 Å². The number of rotatable bonds is 7. The summed E-state index contributed by atoms with van der Waals surface area (Å²) in [6, 6.07) is 14.4. The molecule has 0 unspecified atom stereocenters. The topological polar surface area (TPSA) is 49.4 Å². The number of nitrogens with one attached hydrogen (secondary N) is 1. The number of nitrogens with zero attached hydrogens (tertiary/aromatic N) is 1. The molecule has 0 aliphatic carbocycles.